The van der Waals surface area contributed by atoms with Gasteiger partial charge in [-0.3, -0.25) is 9.59 Å². The van der Waals surface area contributed by atoms with Gasteiger partial charge in [-0.15, -0.1) is 0 Å². The lowest BCUT2D eigenvalue weighted by molar-refractivity contribution is -0.122. The highest BCUT2D eigenvalue weighted by atomic mass is 32.2. The van der Waals surface area contributed by atoms with Crippen molar-refractivity contribution in [3.8, 4) is 0 Å². The number of aryl methyl sites for hydroxylation is 2. The molecular weight excluding hydrogens is 454 g/mol. The van der Waals surface area contributed by atoms with Gasteiger partial charge in [0.15, 0.2) is 0 Å². The number of amides is 1. The van der Waals surface area contributed by atoms with Gasteiger partial charge in [0.1, 0.15) is 15.9 Å². The van der Waals surface area contributed by atoms with E-state index in [0.717, 1.165) is 11.7 Å². The van der Waals surface area contributed by atoms with Gasteiger partial charge in [0.2, 0.25) is 15.9 Å². The first-order valence-corrected chi connectivity index (χ1v) is 13.4. The maximum Gasteiger partial charge on any atom is 0.253 e. The van der Waals surface area contributed by atoms with Crippen LogP contribution in [0.25, 0.3) is 6.08 Å². The number of sulfonamides is 1. The summed E-state index contributed by atoms with van der Waals surface area (Å²) in [5.41, 5.74) is 1.96. The Balaban J connectivity index is 2.17. The van der Waals surface area contributed by atoms with Gasteiger partial charge >= 0.3 is 0 Å². The minimum absolute atomic E-state index is 0.128. The molecule has 1 aromatic carbocycles. The van der Waals surface area contributed by atoms with Crippen molar-refractivity contribution < 1.29 is 21.6 Å². The fourth-order valence-electron chi connectivity index (χ4n) is 2.95. The summed E-state index contributed by atoms with van der Waals surface area (Å²) in [5, 5.41) is 3.44. The highest BCUT2D eigenvalue weighted by Crippen LogP contribution is 2.07. The van der Waals surface area contributed by atoms with Crippen molar-refractivity contribution in [2.75, 3.05) is 12.0 Å². The summed E-state index contributed by atoms with van der Waals surface area (Å²) in [6.45, 7) is 3.33. The predicted molar refractivity (Wildman–Crippen MR) is 124 cm³/mol. The van der Waals surface area contributed by atoms with Crippen molar-refractivity contribution in [1.82, 2.24) is 15.0 Å². The second kappa shape index (κ2) is 10.7. The van der Waals surface area contributed by atoms with Crippen LogP contribution in [0.4, 0.5) is 0 Å². The van der Waals surface area contributed by atoms with Crippen LogP contribution in [-0.4, -0.2) is 45.8 Å². The Morgan fingerprint density at radius 2 is 1.78 bits per heavy atom. The van der Waals surface area contributed by atoms with E-state index in [0.29, 0.717) is 22.4 Å². The number of sulfone groups is 1. The molecule has 1 atom stereocenters. The summed E-state index contributed by atoms with van der Waals surface area (Å²) >= 11 is 0. The smallest absolute Gasteiger partial charge is 0.253 e. The Labute approximate surface area is 187 Å². The number of carbonyl (C=O) groups is 1. The molecule has 0 aliphatic heterocycles. The Bertz CT molecular complexity index is 1250. The molecule has 0 saturated carbocycles. The number of rotatable bonds is 10. The molecule has 0 bridgehead atoms. The summed E-state index contributed by atoms with van der Waals surface area (Å²) in [6, 6.07) is 9.12. The zero-order chi connectivity index (χ0) is 23.9. The van der Waals surface area contributed by atoms with Crippen LogP contribution in [0, 0.1) is 13.8 Å². The Morgan fingerprint density at radius 1 is 1.12 bits per heavy atom. The summed E-state index contributed by atoms with van der Waals surface area (Å²) < 4.78 is 50.3. The molecule has 0 aliphatic rings. The average molecular weight is 482 g/mol. The summed E-state index contributed by atoms with van der Waals surface area (Å²) in [4.78, 5) is 27.5. The lowest BCUT2D eigenvalue weighted by Crippen LogP contribution is -2.47. The van der Waals surface area contributed by atoms with E-state index >= 15 is 0 Å². The molecule has 11 heteroatoms. The second-order valence-corrected chi connectivity index (χ2v) is 11.4. The molecule has 0 fully saturated rings. The van der Waals surface area contributed by atoms with Crippen LogP contribution in [0.2, 0.25) is 0 Å². The fourth-order valence-corrected chi connectivity index (χ4v) is 4.65. The molecule has 174 valence electrons. The van der Waals surface area contributed by atoms with Gasteiger partial charge in [-0.2, -0.15) is 4.72 Å². The quantitative estimate of drug-likeness (QED) is 0.462. The fraction of sp³-hybridized carbons (Fsp3) is 0.333. The monoisotopic (exact) mass is 481 g/mol. The van der Waals surface area contributed by atoms with Crippen molar-refractivity contribution in [1.29, 1.82) is 0 Å². The van der Waals surface area contributed by atoms with Crippen LogP contribution in [0.5, 0.6) is 0 Å². The summed E-state index contributed by atoms with van der Waals surface area (Å²) in [6.07, 6.45) is 2.11. The van der Waals surface area contributed by atoms with Gasteiger partial charge < -0.3 is 10.3 Å². The lowest BCUT2D eigenvalue weighted by atomic mass is 10.1. The van der Waals surface area contributed by atoms with Crippen molar-refractivity contribution in [3.05, 3.63) is 74.5 Å². The van der Waals surface area contributed by atoms with Gasteiger partial charge in [-0.1, -0.05) is 30.3 Å². The Hall–Kier alpha value is -2.76. The third-order valence-corrected chi connectivity index (χ3v) is 6.66. The molecule has 3 N–H and O–H groups in total. The lowest BCUT2D eigenvalue weighted by Gasteiger charge is -2.17. The number of pyridine rings is 1. The zero-order valence-electron chi connectivity index (χ0n) is 18.1. The van der Waals surface area contributed by atoms with E-state index in [1.807, 2.05) is 0 Å². The minimum atomic E-state index is -4.05. The zero-order valence-corrected chi connectivity index (χ0v) is 19.7. The van der Waals surface area contributed by atoms with Gasteiger partial charge in [0.05, 0.1) is 5.75 Å². The number of aromatic nitrogens is 1. The highest BCUT2D eigenvalue weighted by molar-refractivity contribution is 7.92. The molecule has 32 heavy (non-hydrogen) atoms. The number of hydrogen-bond acceptors (Lipinski definition) is 6. The number of hydrogen-bond donors (Lipinski definition) is 3. The Kier molecular flexibility index (Phi) is 8.53. The van der Waals surface area contributed by atoms with Crippen molar-refractivity contribution in [2.45, 2.75) is 32.9 Å². The van der Waals surface area contributed by atoms with Gasteiger partial charge in [0, 0.05) is 29.5 Å². The van der Waals surface area contributed by atoms with Gasteiger partial charge in [0.25, 0.3) is 5.56 Å². The molecule has 2 aromatic rings. The van der Waals surface area contributed by atoms with E-state index < -0.39 is 31.8 Å². The van der Waals surface area contributed by atoms with Crippen LogP contribution >= 0.6 is 0 Å². The molecule has 0 aliphatic carbocycles. The third kappa shape index (κ3) is 8.40. The largest absolute Gasteiger partial charge is 0.350 e. The molecule has 1 unspecified atom stereocenters. The van der Waals surface area contributed by atoms with Crippen LogP contribution < -0.4 is 15.6 Å². The molecule has 0 radical (unpaired) electrons. The highest BCUT2D eigenvalue weighted by Gasteiger charge is 2.25. The van der Waals surface area contributed by atoms with Gasteiger partial charge in [-0.05, 0) is 43.5 Å². The summed E-state index contributed by atoms with van der Waals surface area (Å²) in [5.74, 6) is -1.12. The van der Waals surface area contributed by atoms with E-state index in [-0.39, 0.29) is 24.3 Å². The van der Waals surface area contributed by atoms with E-state index in [4.69, 9.17) is 0 Å². The van der Waals surface area contributed by atoms with Crippen LogP contribution in [-0.2, 0) is 31.2 Å². The van der Waals surface area contributed by atoms with Crippen molar-refractivity contribution >= 4 is 31.8 Å². The number of aromatic amines is 1. The maximum absolute atomic E-state index is 12.7. The predicted octanol–water partition coefficient (Wildman–Crippen LogP) is 1.00. The Morgan fingerprint density at radius 3 is 2.38 bits per heavy atom. The maximum atomic E-state index is 12.7. The van der Waals surface area contributed by atoms with Crippen LogP contribution in [0.15, 0.2) is 46.6 Å². The number of H-pyrrole nitrogens is 1. The van der Waals surface area contributed by atoms with Crippen LogP contribution in [0.1, 0.15) is 28.8 Å². The number of benzene rings is 1. The molecular formula is C21H27N3O6S2. The molecule has 0 saturated heterocycles. The van der Waals surface area contributed by atoms with E-state index in [1.165, 1.54) is 6.08 Å². The normalized spacial score (nSPS) is 13.2. The molecule has 0 spiro atoms. The minimum Gasteiger partial charge on any atom is -0.350 e. The topological polar surface area (TPSA) is 142 Å². The molecule has 9 nitrogen and oxygen atoms in total. The standard InChI is InChI=1S/C21H27N3O6S2/c1-15-13-16(2)23-20(25)18(15)14-22-21(26)19(10-11-31(3,27)28)24-32(29,30)12-9-17-7-5-4-6-8-17/h4-9,12-13,19,24H,10-11,14H2,1-3H3,(H,22,26)(H,23,25)/b12-9+. The van der Waals surface area contributed by atoms with E-state index in [2.05, 4.69) is 15.0 Å². The molecule has 1 amide bonds. The number of nitrogens with one attached hydrogen (secondary N) is 3. The van der Waals surface area contributed by atoms with Crippen LogP contribution in [0.3, 0.4) is 0 Å². The second-order valence-electron chi connectivity index (χ2n) is 7.51. The first kappa shape index (κ1) is 25.5. The first-order chi connectivity index (χ1) is 14.9. The average Bonchev–Trinajstić information content (AvgIpc) is 2.69. The van der Waals surface area contributed by atoms with E-state index in [1.54, 1.807) is 50.2 Å². The summed E-state index contributed by atoms with van der Waals surface area (Å²) in [7, 11) is -7.49. The molecule has 1 heterocycles. The third-order valence-electron chi connectivity index (χ3n) is 4.57. The van der Waals surface area contributed by atoms with Crippen molar-refractivity contribution in [2.24, 2.45) is 0 Å². The van der Waals surface area contributed by atoms with Crippen molar-refractivity contribution in [3.63, 3.8) is 0 Å². The molecule has 2 rings (SSSR count). The molecule has 1 aromatic heterocycles. The SMILES string of the molecule is Cc1cc(C)c(CNC(=O)C(CCS(C)(=O)=O)NS(=O)(=O)/C=C/c2ccccc2)c(=O)[nH]1. The first-order valence-electron chi connectivity index (χ1n) is 9.76. The number of carbonyl (C=O) groups excluding carboxylic acids is 1. The van der Waals surface area contributed by atoms with E-state index in [9.17, 15) is 26.4 Å². The van der Waals surface area contributed by atoms with Gasteiger partial charge in [-0.25, -0.2) is 16.8 Å².